The first-order valence-electron chi connectivity index (χ1n) is 4.13. The molecule has 15 heavy (non-hydrogen) atoms. The number of hydrogen-bond donors (Lipinski definition) is 0. The largest absolute Gasteiger partial charge is 0.280 e. The number of alkyl halides is 2. The molecule has 0 aliphatic rings. The van der Waals surface area contributed by atoms with Gasteiger partial charge < -0.3 is 0 Å². The van der Waals surface area contributed by atoms with Gasteiger partial charge in [-0.25, -0.2) is 18.4 Å². The Morgan fingerprint density at radius 2 is 2.07 bits per heavy atom. The Kier molecular flexibility index (Phi) is 2.77. The quantitative estimate of drug-likeness (QED) is 0.842. The van der Waals surface area contributed by atoms with Crippen molar-refractivity contribution in [3.8, 4) is 5.82 Å². The molecule has 2 rings (SSSR count). The van der Waals surface area contributed by atoms with Gasteiger partial charge in [0, 0.05) is 12.4 Å². The van der Waals surface area contributed by atoms with Crippen LogP contribution < -0.4 is 0 Å². The normalized spacial score (nSPS) is 10.9. The van der Waals surface area contributed by atoms with Gasteiger partial charge >= 0.3 is 0 Å². The van der Waals surface area contributed by atoms with Crippen LogP contribution in [-0.4, -0.2) is 14.8 Å². The number of aromatic nitrogens is 3. The van der Waals surface area contributed by atoms with Crippen LogP contribution in [-0.2, 0) is 0 Å². The van der Waals surface area contributed by atoms with Crippen LogP contribution in [0.25, 0.3) is 5.82 Å². The highest BCUT2D eigenvalue weighted by molar-refractivity contribution is 9.10. The van der Waals surface area contributed by atoms with Gasteiger partial charge in [0.15, 0.2) is 5.82 Å². The number of hydrogen-bond acceptors (Lipinski definition) is 2. The molecule has 0 atom stereocenters. The molecule has 78 valence electrons. The van der Waals surface area contributed by atoms with E-state index in [0.717, 1.165) is 4.68 Å². The van der Waals surface area contributed by atoms with Crippen LogP contribution >= 0.6 is 15.9 Å². The SMILES string of the molecule is FC(F)c1ccnn1-c1ncccc1Br. The van der Waals surface area contributed by atoms with Crippen LogP contribution in [0.1, 0.15) is 12.1 Å². The summed E-state index contributed by atoms with van der Waals surface area (Å²) in [6.07, 6.45) is 0.279. The van der Waals surface area contributed by atoms with Gasteiger partial charge in [0.1, 0.15) is 5.69 Å². The average molecular weight is 274 g/mol. The summed E-state index contributed by atoms with van der Waals surface area (Å²) in [5, 5.41) is 3.81. The van der Waals surface area contributed by atoms with E-state index in [9.17, 15) is 8.78 Å². The fraction of sp³-hybridized carbons (Fsp3) is 0.111. The third kappa shape index (κ3) is 1.90. The third-order valence-corrected chi connectivity index (χ3v) is 2.45. The van der Waals surface area contributed by atoms with Gasteiger partial charge in [0.25, 0.3) is 6.43 Å². The Labute approximate surface area is 92.9 Å². The van der Waals surface area contributed by atoms with Crippen molar-refractivity contribution in [2.75, 3.05) is 0 Å². The Morgan fingerprint density at radius 1 is 1.27 bits per heavy atom. The second-order valence-electron chi connectivity index (χ2n) is 2.78. The van der Waals surface area contributed by atoms with E-state index in [1.807, 2.05) is 0 Å². The van der Waals surface area contributed by atoms with E-state index in [1.165, 1.54) is 18.5 Å². The molecule has 2 aromatic heterocycles. The second kappa shape index (κ2) is 4.06. The van der Waals surface area contributed by atoms with Crippen LogP contribution in [0.2, 0.25) is 0 Å². The van der Waals surface area contributed by atoms with Crippen LogP contribution in [0.15, 0.2) is 35.1 Å². The van der Waals surface area contributed by atoms with E-state index < -0.39 is 6.43 Å². The summed E-state index contributed by atoms with van der Waals surface area (Å²) >= 11 is 3.23. The molecule has 0 N–H and O–H groups in total. The molecule has 0 aromatic carbocycles. The zero-order chi connectivity index (χ0) is 10.8. The summed E-state index contributed by atoms with van der Waals surface area (Å²) in [6.45, 7) is 0. The maximum Gasteiger partial charge on any atom is 0.280 e. The highest BCUT2D eigenvalue weighted by Crippen LogP contribution is 2.24. The van der Waals surface area contributed by atoms with Crippen LogP contribution in [0, 0.1) is 0 Å². The monoisotopic (exact) mass is 273 g/mol. The van der Waals surface area contributed by atoms with E-state index >= 15 is 0 Å². The minimum absolute atomic E-state index is 0.172. The summed E-state index contributed by atoms with van der Waals surface area (Å²) in [6, 6.07) is 4.70. The fourth-order valence-corrected chi connectivity index (χ4v) is 1.61. The predicted octanol–water partition coefficient (Wildman–Crippen LogP) is 2.97. The van der Waals surface area contributed by atoms with Crippen LogP contribution in [0.4, 0.5) is 8.78 Å². The molecular formula is C9H6BrF2N3. The lowest BCUT2D eigenvalue weighted by molar-refractivity contribution is 0.142. The van der Waals surface area contributed by atoms with Crippen molar-refractivity contribution in [2.45, 2.75) is 6.43 Å². The minimum Gasteiger partial charge on any atom is -0.236 e. The highest BCUT2D eigenvalue weighted by atomic mass is 79.9. The molecule has 0 unspecified atom stereocenters. The van der Waals surface area contributed by atoms with Crippen LogP contribution in [0.3, 0.4) is 0 Å². The van der Waals surface area contributed by atoms with E-state index in [2.05, 4.69) is 26.0 Å². The Balaban J connectivity index is 2.55. The summed E-state index contributed by atoms with van der Waals surface area (Å²) in [7, 11) is 0. The predicted molar refractivity (Wildman–Crippen MR) is 54.0 cm³/mol. The Hall–Kier alpha value is -1.30. The molecule has 0 bridgehead atoms. The number of halogens is 3. The van der Waals surface area contributed by atoms with Gasteiger partial charge in [0.05, 0.1) is 4.47 Å². The topological polar surface area (TPSA) is 30.7 Å². The van der Waals surface area contributed by atoms with E-state index in [-0.39, 0.29) is 5.69 Å². The summed E-state index contributed by atoms with van der Waals surface area (Å²) < 4.78 is 26.9. The van der Waals surface area contributed by atoms with E-state index in [1.54, 1.807) is 12.1 Å². The summed E-state index contributed by atoms with van der Waals surface area (Å²) in [4.78, 5) is 3.98. The molecule has 3 nitrogen and oxygen atoms in total. The smallest absolute Gasteiger partial charge is 0.236 e. The highest BCUT2D eigenvalue weighted by Gasteiger charge is 2.16. The Bertz CT molecular complexity index is 470. The molecule has 0 aliphatic heterocycles. The standard InChI is InChI=1S/C9H6BrF2N3/c10-6-2-1-4-13-9(6)15-7(8(11)12)3-5-14-15/h1-5,8H. The first-order chi connectivity index (χ1) is 7.20. The van der Waals surface area contributed by atoms with Gasteiger partial charge in [-0.05, 0) is 34.1 Å². The van der Waals surface area contributed by atoms with Crippen molar-refractivity contribution in [3.05, 3.63) is 40.8 Å². The molecule has 6 heteroatoms. The molecule has 0 saturated heterocycles. The van der Waals surface area contributed by atoms with Crippen LogP contribution in [0.5, 0.6) is 0 Å². The fourth-order valence-electron chi connectivity index (χ4n) is 1.19. The molecule has 0 spiro atoms. The maximum atomic E-state index is 12.6. The zero-order valence-electron chi connectivity index (χ0n) is 7.44. The molecule has 0 amide bonds. The van der Waals surface area contributed by atoms with Gasteiger partial charge in [0.2, 0.25) is 0 Å². The average Bonchev–Trinajstić information content (AvgIpc) is 2.67. The molecule has 0 aliphatic carbocycles. The van der Waals surface area contributed by atoms with Crippen molar-refractivity contribution in [2.24, 2.45) is 0 Å². The lowest BCUT2D eigenvalue weighted by atomic mass is 10.4. The first kappa shape index (κ1) is 10.2. The molecular weight excluding hydrogens is 268 g/mol. The number of nitrogens with zero attached hydrogens (tertiary/aromatic N) is 3. The summed E-state index contributed by atoms with van der Waals surface area (Å²) in [5.41, 5.74) is -0.172. The van der Waals surface area contributed by atoms with E-state index in [0.29, 0.717) is 10.3 Å². The third-order valence-electron chi connectivity index (χ3n) is 1.84. The van der Waals surface area contributed by atoms with Crippen molar-refractivity contribution in [1.29, 1.82) is 0 Å². The minimum atomic E-state index is -2.57. The van der Waals surface area contributed by atoms with Gasteiger partial charge in [-0.2, -0.15) is 5.10 Å². The molecule has 2 heterocycles. The lowest BCUT2D eigenvalue weighted by Crippen LogP contribution is -2.05. The molecule has 0 radical (unpaired) electrons. The van der Waals surface area contributed by atoms with E-state index in [4.69, 9.17) is 0 Å². The zero-order valence-corrected chi connectivity index (χ0v) is 9.03. The van der Waals surface area contributed by atoms with Crippen molar-refractivity contribution < 1.29 is 8.78 Å². The molecule has 2 aromatic rings. The van der Waals surface area contributed by atoms with Crippen molar-refractivity contribution in [3.63, 3.8) is 0 Å². The first-order valence-corrected chi connectivity index (χ1v) is 4.92. The maximum absolute atomic E-state index is 12.6. The van der Waals surface area contributed by atoms with Gasteiger partial charge in [-0.3, -0.25) is 0 Å². The lowest BCUT2D eigenvalue weighted by Gasteiger charge is -2.06. The number of rotatable bonds is 2. The second-order valence-corrected chi connectivity index (χ2v) is 3.63. The Morgan fingerprint density at radius 3 is 2.73 bits per heavy atom. The van der Waals surface area contributed by atoms with Gasteiger partial charge in [-0.15, -0.1) is 0 Å². The molecule has 0 fully saturated rings. The number of pyridine rings is 1. The molecule has 0 saturated carbocycles. The van der Waals surface area contributed by atoms with Crippen molar-refractivity contribution in [1.82, 2.24) is 14.8 Å². The van der Waals surface area contributed by atoms with Crippen molar-refractivity contribution >= 4 is 15.9 Å². The summed E-state index contributed by atoms with van der Waals surface area (Å²) in [5.74, 6) is 0.359. The van der Waals surface area contributed by atoms with Gasteiger partial charge in [-0.1, -0.05) is 0 Å².